The highest BCUT2D eigenvalue weighted by atomic mass is 35.5. The van der Waals surface area contributed by atoms with Gasteiger partial charge in [-0.3, -0.25) is 4.79 Å². The molecule has 0 aliphatic rings. The predicted molar refractivity (Wildman–Crippen MR) is 91.8 cm³/mol. The molecular formula is C17H29ClN2O. The lowest BCUT2D eigenvalue weighted by atomic mass is 9.86. The van der Waals surface area contributed by atoms with Crippen LogP contribution in [-0.2, 0) is 10.2 Å². The van der Waals surface area contributed by atoms with Gasteiger partial charge in [-0.1, -0.05) is 58.9 Å². The maximum absolute atomic E-state index is 12.0. The van der Waals surface area contributed by atoms with E-state index in [9.17, 15) is 4.79 Å². The third-order valence-electron chi connectivity index (χ3n) is 3.66. The minimum Gasteiger partial charge on any atom is -0.348 e. The van der Waals surface area contributed by atoms with Gasteiger partial charge in [-0.25, -0.2) is 0 Å². The molecule has 0 saturated heterocycles. The van der Waals surface area contributed by atoms with Crippen LogP contribution in [-0.4, -0.2) is 11.9 Å². The van der Waals surface area contributed by atoms with E-state index in [1.807, 2.05) is 20.8 Å². The van der Waals surface area contributed by atoms with E-state index >= 15 is 0 Å². The fourth-order valence-corrected chi connectivity index (χ4v) is 1.97. The van der Waals surface area contributed by atoms with E-state index in [0.29, 0.717) is 0 Å². The molecule has 1 unspecified atom stereocenters. The van der Waals surface area contributed by atoms with Crippen LogP contribution in [0.2, 0.25) is 0 Å². The lowest BCUT2D eigenvalue weighted by Crippen LogP contribution is -2.44. The summed E-state index contributed by atoms with van der Waals surface area (Å²) in [7, 11) is 0. The van der Waals surface area contributed by atoms with Gasteiger partial charge in [0.1, 0.15) is 0 Å². The molecule has 0 spiro atoms. The van der Waals surface area contributed by atoms with Crippen LogP contribution >= 0.6 is 12.4 Å². The first kappa shape index (κ1) is 19.9. The molecule has 0 radical (unpaired) electrons. The monoisotopic (exact) mass is 312 g/mol. The molecule has 0 fully saturated rings. The van der Waals surface area contributed by atoms with Crippen molar-refractivity contribution in [2.75, 3.05) is 0 Å². The Labute approximate surface area is 135 Å². The van der Waals surface area contributed by atoms with Gasteiger partial charge in [0.25, 0.3) is 0 Å². The molecule has 0 aliphatic heterocycles. The summed E-state index contributed by atoms with van der Waals surface area (Å²) in [4.78, 5) is 12.0. The highest BCUT2D eigenvalue weighted by molar-refractivity contribution is 5.85. The third kappa shape index (κ3) is 5.68. The van der Waals surface area contributed by atoms with Crippen LogP contribution < -0.4 is 11.1 Å². The zero-order valence-corrected chi connectivity index (χ0v) is 14.8. The second-order valence-corrected chi connectivity index (χ2v) is 6.87. The smallest absolute Gasteiger partial charge is 0.237 e. The second kappa shape index (κ2) is 7.81. The van der Waals surface area contributed by atoms with Crippen LogP contribution in [0.5, 0.6) is 0 Å². The molecule has 1 amide bonds. The van der Waals surface area contributed by atoms with E-state index in [4.69, 9.17) is 5.73 Å². The number of carbonyl (C=O) groups excluding carboxylic acids is 1. The Bertz CT molecular complexity index is 449. The Balaban J connectivity index is 0.00000400. The Hall–Kier alpha value is -1.06. The number of hydrogen-bond donors (Lipinski definition) is 2. The maximum Gasteiger partial charge on any atom is 0.237 e. The summed E-state index contributed by atoms with van der Waals surface area (Å²) >= 11 is 0. The molecule has 1 aromatic carbocycles. The number of benzene rings is 1. The summed E-state index contributed by atoms with van der Waals surface area (Å²) in [5.41, 5.74) is 8.39. The Kier molecular flexibility index (Phi) is 7.41. The normalized spacial score (nSPS) is 14.3. The highest BCUT2D eigenvalue weighted by Crippen LogP contribution is 2.23. The summed E-state index contributed by atoms with van der Waals surface area (Å²) in [6, 6.07) is 7.92. The van der Waals surface area contributed by atoms with Gasteiger partial charge in [0.05, 0.1) is 12.1 Å². The van der Waals surface area contributed by atoms with Crippen LogP contribution in [0.15, 0.2) is 24.3 Å². The van der Waals surface area contributed by atoms with Gasteiger partial charge in [-0.2, -0.15) is 0 Å². The van der Waals surface area contributed by atoms with Gasteiger partial charge in [-0.05, 0) is 29.4 Å². The molecular weight excluding hydrogens is 284 g/mol. The van der Waals surface area contributed by atoms with E-state index in [-0.39, 0.29) is 35.7 Å². The summed E-state index contributed by atoms with van der Waals surface area (Å²) < 4.78 is 0. The molecule has 1 rings (SSSR count). The van der Waals surface area contributed by atoms with Gasteiger partial charge in [-0.15, -0.1) is 12.4 Å². The first-order chi connectivity index (χ1) is 9.12. The molecule has 0 bridgehead atoms. The standard InChI is InChI=1S/C17H28N2O.ClH/c1-11(2)15(18)16(20)19-12(3)13-7-9-14(10-8-13)17(4,5)6;/h7-12,15H,18H2,1-6H3,(H,19,20);1H/t12?,15-;/m1./s1. The molecule has 3 nitrogen and oxygen atoms in total. The van der Waals surface area contributed by atoms with E-state index < -0.39 is 6.04 Å². The molecule has 4 heteroatoms. The molecule has 0 heterocycles. The fraction of sp³-hybridized carbons (Fsp3) is 0.588. The fourth-order valence-electron chi connectivity index (χ4n) is 1.97. The van der Waals surface area contributed by atoms with Gasteiger partial charge in [0.15, 0.2) is 0 Å². The Morgan fingerprint density at radius 2 is 1.57 bits per heavy atom. The lowest BCUT2D eigenvalue weighted by molar-refractivity contribution is -0.123. The highest BCUT2D eigenvalue weighted by Gasteiger charge is 2.20. The van der Waals surface area contributed by atoms with Crippen molar-refractivity contribution in [1.29, 1.82) is 0 Å². The average molecular weight is 313 g/mol. The zero-order valence-electron chi connectivity index (χ0n) is 13.9. The van der Waals surface area contributed by atoms with E-state index in [0.717, 1.165) is 5.56 Å². The molecule has 21 heavy (non-hydrogen) atoms. The van der Waals surface area contributed by atoms with Crippen molar-refractivity contribution in [3.05, 3.63) is 35.4 Å². The van der Waals surface area contributed by atoms with E-state index in [2.05, 4.69) is 50.4 Å². The Morgan fingerprint density at radius 3 is 1.95 bits per heavy atom. The molecule has 0 saturated carbocycles. The lowest BCUT2D eigenvalue weighted by Gasteiger charge is -2.22. The van der Waals surface area contributed by atoms with Gasteiger partial charge in [0, 0.05) is 0 Å². The molecule has 0 aromatic heterocycles. The van der Waals surface area contributed by atoms with Gasteiger partial charge >= 0.3 is 0 Å². The number of rotatable bonds is 4. The molecule has 3 N–H and O–H groups in total. The molecule has 2 atom stereocenters. The SMILES string of the molecule is CC(NC(=O)[C@H](N)C(C)C)c1ccc(C(C)(C)C)cc1.Cl. The summed E-state index contributed by atoms with van der Waals surface area (Å²) in [5.74, 6) is 0.0536. The minimum atomic E-state index is -0.453. The number of amides is 1. The molecule has 0 aliphatic carbocycles. The van der Waals surface area contributed by atoms with E-state index in [1.54, 1.807) is 0 Å². The summed E-state index contributed by atoms with van der Waals surface area (Å²) in [6.45, 7) is 12.5. The largest absolute Gasteiger partial charge is 0.348 e. The number of nitrogens with one attached hydrogen (secondary N) is 1. The number of halogens is 1. The van der Waals surface area contributed by atoms with Crippen molar-refractivity contribution in [3.63, 3.8) is 0 Å². The van der Waals surface area contributed by atoms with Crippen molar-refractivity contribution >= 4 is 18.3 Å². The first-order valence-electron chi connectivity index (χ1n) is 7.29. The van der Waals surface area contributed by atoms with Gasteiger partial charge < -0.3 is 11.1 Å². The maximum atomic E-state index is 12.0. The third-order valence-corrected chi connectivity index (χ3v) is 3.66. The number of hydrogen-bond acceptors (Lipinski definition) is 2. The number of carbonyl (C=O) groups is 1. The first-order valence-corrected chi connectivity index (χ1v) is 7.29. The topological polar surface area (TPSA) is 55.1 Å². The summed E-state index contributed by atoms with van der Waals surface area (Å²) in [5, 5.41) is 2.97. The quantitative estimate of drug-likeness (QED) is 0.893. The van der Waals surface area contributed by atoms with Crippen molar-refractivity contribution in [2.45, 2.75) is 59.0 Å². The number of nitrogens with two attached hydrogens (primary N) is 1. The average Bonchev–Trinajstić information content (AvgIpc) is 2.36. The van der Waals surface area contributed by atoms with Crippen LogP contribution in [0.25, 0.3) is 0 Å². The van der Waals surface area contributed by atoms with Crippen LogP contribution in [0.3, 0.4) is 0 Å². The molecule has 1 aromatic rings. The molecule has 120 valence electrons. The van der Waals surface area contributed by atoms with Crippen molar-refractivity contribution in [1.82, 2.24) is 5.32 Å². The van der Waals surface area contributed by atoms with Crippen LogP contribution in [0.4, 0.5) is 0 Å². The van der Waals surface area contributed by atoms with Gasteiger partial charge in [0.2, 0.25) is 5.91 Å². The van der Waals surface area contributed by atoms with Crippen molar-refractivity contribution in [3.8, 4) is 0 Å². The van der Waals surface area contributed by atoms with E-state index in [1.165, 1.54) is 5.56 Å². The second-order valence-electron chi connectivity index (χ2n) is 6.87. The minimum absolute atomic E-state index is 0. The van der Waals surface area contributed by atoms with Crippen LogP contribution in [0, 0.1) is 5.92 Å². The summed E-state index contributed by atoms with van der Waals surface area (Å²) in [6.07, 6.45) is 0. The van der Waals surface area contributed by atoms with Crippen molar-refractivity contribution < 1.29 is 4.79 Å². The Morgan fingerprint density at radius 1 is 1.10 bits per heavy atom. The van der Waals surface area contributed by atoms with Crippen LogP contribution in [0.1, 0.15) is 58.7 Å². The zero-order chi connectivity index (χ0) is 15.5. The van der Waals surface area contributed by atoms with Crippen molar-refractivity contribution in [2.24, 2.45) is 11.7 Å². The predicted octanol–water partition coefficient (Wildman–Crippen LogP) is 3.57.